The summed E-state index contributed by atoms with van der Waals surface area (Å²) in [4.78, 5) is 42.5. The number of benzene rings is 2. The fourth-order valence-electron chi connectivity index (χ4n) is 2.71. The number of likely N-dealkylation sites (N-methyl/N-ethyl adjacent to an activating group) is 1. The topological polar surface area (TPSA) is 152 Å². The highest BCUT2D eigenvalue weighted by molar-refractivity contribution is 7.71. The molecule has 0 heterocycles. The number of carbonyl (C=O) groups is 1. The summed E-state index contributed by atoms with van der Waals surface area (Å²) in [6.07, 6.45) is 0. The van der Waals surface area contributed by atoms with Gasteiger partial charge in [0.15, 0.2) is 0 Å². The summed E-state index contributed by atoms with van der Waals surface area (Å²) < 4.78 is 35.1. The summed E-state index contributed by atoms with van der Waals surface area (Å²) in [7, 11) is -10.3. The van der Waals surface area contributed by atoms with Gasteiger partial charge in [-0.25, -0.2) is 9.78 Å². The molecule has 0 aliphatic carbocycles. The molecule has 0 aromatic heterocycles. The van der Waals surface area contributed by atoms with E-state index < -0.39 is 33.2 Å². The standard InChI is InChI=1S/C19H23Cl2NO10P2/c1-2-22(11-18(23)24)19(33(25,26)31-29-12-14-3-7-16(20)8-4-14)34(27,28)32-30-13-15-5-9-17(21)10-6-15/h3-10,19H,2,11-13H2,1H3,(H,23,24)(H,25,26)(H,27,28). The Balaban J connectivity index is 2.15. The minimum Gasteiger partial charge on any atom is -0.480 e. The number of aliphatic carboxylic acids is 1. The molecule has 0 aliphatic heterocycles. The molecule has 0 saturated carbocycles. The average Bonchev–Trinajstić information content (AvgIpc) is 2.75. The van der Waals surface area contributed by atoms with Crippen LogP contribution in [-0.2, 0) is 46.3 Å². The van der Waals surface area contributed by atoms with Gasteiger partial charge in [-0.3, -0.25) is 18.8 Å². The van der Waals surface area contributed by atoms with Crippen molar-refractivity contribution in [3.05, 3.63) is 69.7 Å². The van der Waals surface area contributed by atoms with Crippen LogP contribution >= 0.6 is 38.4 Å². The molecule has 0 saturated heterocycles. The van der Waals surface area contributed by atoms with E-state index in [0.29, 0.717) is 21.2 Å². The Bertz CT molecular complexity index is 967. The second-order valence-electron chi connectivity index (χ2n) is 6.86. The predicted octanol–water partition coefficient (Wildman–Crippen LogP) is 4.65. The highest BCUT2D eigenvalue weighted by atomic mass is 35.5. The maximum absolute atomic E-state index is 12.9. The van der Waals surface area contributed by atoms with Gasteiger partial charge in [0.1, 0.15) is 13.2 Å². The third-order valence-electron chi connectivity index (χ3n) is 4.25. The van der Waals surface area contributed by atoms with Gasteiger partial charge in [0.05, 0.1) is 6.54 Å². The molecule has 0 fully saturated rings. The van der Waals surface area contributed by atoms with Crippen molar-refractivity contribution >= 4 is 44.4 Å². The summed E-state index contributed by atoms with van der Waals surface area (Å²) in [6.45, 7) is -0.268. The fraction of sp³-hybridized carbons (Fsp3) is 0.316. The van der Waals surface area contributed by atoms with Crippen LogP contribution in [0.4, 0.5) is 0 Å². The molecule has 2 rings (SSSR count). The third kappa shape index (κ3) is 9.03. The molecule has 3 N–H and O–H groups in total. The number of rotatable bonds is 14. The molecular weight excluding hydrogens is 535 g/mol. The van der Waals surface area contributed by atoms with Crippen LogP contribution in [-0.4, -0.2) is 44.4 Å². The second kappa shape index (κ2) is 13.1. The van der Waals surface area contributed by atoms with Gasteiger partial charge in [0.25, 0.3) is 0 Å². The van der Waals surface area contributed by atoms with Crippen LogP contribution < -0.4 is 0 Å². The zero-order valence-electron chi connectivity index (χ0n) is 17.8. The lowest BCUT2D eigenvalue weighted by molar-refractivity contribution is -0.231. The highest BCUT2D eigenvalue weighted by Crippen LogP contribution is 2.66. The first-order valence-electron chi connectivity index (χ1n) is 9.66. The smallest absolute Gasteiger partial charge is 0.384 e. The van der Waals surface area contributed by atoms with Gasteiger partial charge >= 0.3 is 21.2 Å². The summed E-state index contributed by atoms with van der Waals surface area (Å²) in [5.74, 6) is -1.42. The molecule has 0 spiro atoms. The third-order valence-corrected chi connectivity index (χ3v) is 8.97. The second-order valence-corrected chi connectivity index (χ2v) is 11.7. The van der Waals surface area contributed by atoms with Crippen molar-refractivity contribution in [2.45, 2.75) is 25.7 Å². The van der Waals surface area contributed by atoms with Crippen LogP contribution in [0.15, 0.2) is 48.5 Å². The molecular formula is C19H23Cl2NO10P2. The Labute approximate surface area is 205 Å². The molecule has 188 valence electrons. The van der Waals surface area contributed by atoms with E-state index in [2.05, 4.69) is 9.35 Å². The van der Waals surface area contributed by atoms with E-state index in [1.165, 1.54) is 6.92 Å². The maximum atomic E-state index is 12.9. The number of nitrogens with zero attached hydrogens (tertiary/aromatic N) is 1. The first-order chi connectivity index (χ1) is 15.9. The lowest BCUT2D eigenvalue weighted by Gasteiger charge is -2.32. The van der Waals surface area contributed by atoms with E-state index in [9.17, 15) is 23.7 Å². The SMILES string of the molecule is CCN(CC(=O)O)C(P(=O)(O)OOCc1ccc(Cl)cc1)P(=O)(O)OOCc1ccc(Cl)cc1. The summed E-state index contributed by atoms with van der Waals surface area (Å²) >= 11 is 11.6. The molecule has 2 atom stereocenters. The van der Waals surface area contributed by atoms with Crippen molar-refractivity contribution in [3.63, 3.8) is 0 Å². The molecule has 2 aromatic carbocycles. The van der Waals surface area contributed by atoms with Crippen LogP contribution in [0.2, 0.25) is 10.0 Å². The summed E-state index contributed by atoms with van der Waals surface area (Å²) in [5, 5.41) is 10.1. The predicted molar refractivity (Wildman–Crippen MR) is 123 cm³/mol. The molecule has 0 amide bonds. The Morgan fingerprint density at radius 3 is 1.59 bits per heavy atom. The van der Waals surface area contributed by atoms with Crippen LogP contribution in [0.3, 0.4) is 0 Å². The zero-order valence-corrected chi connectivity index (χ0v) is 21.1. The number of hydrogen-bond donors (Lipinski definition) is 3. The Morgan fingerprint density at radius 2 is 1.26 bits per heavy atom. The lowest BCUT2D eigenvalue weighted by atomic mass is 10.2. The van der Waals surface area contributed by atoms with Gasteiger partial charge in [0, 0.05) is 10.0 Å². The van der Waals surface area contributed by atoms with Gasteiger partial charge < -0.3 is 14.9 Å². The van der Waals surface area contributed by atoms with Crippen molar-refractivity contribution in [2.75, 3.05) is 13.1 Å². The van der Waals surface area contributed by atoms with Crippen molar-refractivity contribution in [1.82, 2.24) is 4.90 Å². The molecule has 0 bridgehead atoms. The lowest BCUT2D eigenvalue weighted by Crippen LogP contribution is -2.39. The first-order valence-corrected chi connectivity index (χ1v) is 13.7. The average molecular weight is 558 g/mol. The molecule has 0 radical (unpaired) electrons. The zero-order chi connectivity index (χ0) is 25.4. The highest BCUT2D eigenvalue weighted by Gasteiger charge is 2.53. The Kier molecular flexibility index (Phi) is 11.1. The molecule has 2 aromatic rings. The minimum atomic E-state index is -5.14. The van der Waals surface area contributed by atoms with Gasteiger partial charge in [-0.2, -0.15) is 0 Å². The quantitative estimate of drug-likeness (QED) is 0.169. The number of hydrogen-bond acceptors (Lipinski definition) is 8. The molecule has 2 unspecified atom stereocenters. The van der Waals surface area contributed by atoms with Crippen LogP contribution in [0.1, 0.15) is 18.1 Å². The van der Waals surface area contributed by atoms with E-state index in [0.717, 1.165) is 4.90 Å². The van der Waals surface area contributed by atoms with Gasteiger partial charge in [-0.1, -0.05) is 54.4 Å². The van der Waals surface area contributed by atoms with E-state index in [1.807, 2.05) is 0 Å². The van der Waals surface area contributed by atoms with Crippen LogP contribution in [0.25, 0.3) is 0 Å². The molecule has 15 heteroatoms. The van der Waals surface area contributed by atoms with E-state index >= 15 is 0 Å². The fourth-order valence-corrected chi connectivity index (χ4v) is 6.54. The number of halogens is 2. The van der Waals surface area contributed by atoms with Crippen LogP contribution in [0.5, 0.6) is 0 Å². The molecule has 0 aliphatic rings. The van der Waals surface area contributed by atoms with Gasteiger partial charge in [-0.05, 0) is 41.9 Å². The first kappa shape index (κ1) is 28.9. The molecule has 34 heavy (non-hydrogen) atoms. The van der Waals surface area contributed by atoms with Crippen molar-refractivity contribution in [2.24, 2.45) is 0 Å². The van der Waals surface area contributed by atoms with Gasteiger partial charge in [-0.15, -0.1) is 9.35 Å². The Hall–Kier alpha value is -1.33. The van der Waals surface area contributed by atoms with Gasteiger partial charge in [0.2, 0.25) is 5.52 Å². The van der Waals surface area contributed by atoms with Crippen molar-refractivity contribution in [3.8, 4) is 0 Å². The van der Waals surface area contributed by atoms with E-state index in [-0.39, 0.29) is 19.8 Å². The monoisotopic (exact) mass is 557 g/mol. The maximum Gasteiger partial charge on any atom is 0.384 e. The Morgan fingerprint density at radius 1 is 0.882 bits per heavy atom. The summed E-state index contributed by atoms with van der Waals surface area (Å²) in [6, 6.07) is 12.5. The van der Waals surface area contributed by atoms with Crippen molar-refractivity contribution < 1.29 is 47.9 Å². The normalized spacial score (nSPS) is 16.1. The summed E-state index contributed by atoms with van der Waals surface area (Å²) in [5.41, 5.74) is -1.28. The minimum absolute atomic E-state index is 0.215. The number of carboxylic acid groups (broad SMARTS) is 1. The van der Waals surface area contributed by atoms with E-state index in [4.69, 9.17) is 38.1 Å². The van der Waals surface area contributed by atoms with Crippen molar-refractivity contribution in [1.29, 1.82) is 0 Å². The number of carboxylic acids is 1. The largest absolute Gasteiger partial charge is 0.480 e. The van der Waals surface area contributed by atoms with E-state index in [1.54, 1.807) is 48.5 Å². The van der Waals surface area contributed by atoms with Crippen LogP contribution in [0, 0.1) is 0 Å². The molecule has 11 nitrogen and oxygen atoms in total.